The highest BCUT2D eigenvalue weighted by Gasteiger charge is 2.40. The van der Waals surface area contributed by atoms with E-state index in [1.165, 1.54) is 11.8 Å². The van der Waals surface area contributed by atoms with Crippen LogP contribution in [0.5, 0.6) is 0 Å². The predicted octanol–water partition coefficient (Wildman–Crippen LogP) is 5.92. The van der Waals surface area contributed by atoms with Gasteiger partial charge in [-0.15, -0.1) is 0 Å². The molecular formula is C30H28N4O2S. The van der Waals surface area contributed by atoms with Crippen LogP contribution in [0.2, 0.25) is 0 Å². The molecule has 1 atom stereocenters. The quantitative estimate of drug-likeness (QED) is 0.416. The maximum atomic E-state index is 13.7. The largest absolute Gasteiger partial charge is 0.352 e. The first-order valence-electron chi connectivity index (χ1n) is 12.2. The van der Waals surface area contributed by atoms with E-state index in [-0.39, 0.29) is 18.2 Å². The van der Waals surface area contributed by atoms with Gasteiger partial charge in [-0.05, 0) is 42.5 Å². The number of hydrogen-bond donors (Lipinski definition) is 2. The number of nitrogens with one attached hydrogen (secondary N) is 2. The van der Waals surface area contributed by atoms with Crippen molar-refractivity contribution in [3.63, 3.8) is 0 Å². The second-order valence-corrected chi connectivity index (χ2v) is 9.90. The average molecular weight is 509 g/mol. The number of anilines is 1. The molecule has 0 aliphatic carbocycles. The number of fused-ring (bicyclic) bond motifs is 1. The molecule has 0 radical (unpaired) electrons. The van der Waals surface area contributed by atoms with E-state index in [9.17, 15) is 9.59 Å². The number of amidine groups is 1. The highest BCUT2D eigenvalue weighted by atomic mass is 32.2. The smallest absolute Gasteiger partial charge is 0.255 e. The SMILES string of the molecule is CC1=C(C(=O)Nc2ccccc2)[C@H](c2cccc(C)c2)N2C(CC(=O)NCc3ccccc3)=CSC2=N1. The number of allylic oxidation sites excluding steroid dienone is 1. The van der Waals surface area contributed by atoms with Crippen LogP contribution in [0.4, 0.5) is 5.69 Å². The molecule has 0 saturated heterocycles. The van der Waals surface area contributed by atoms with Crippen LogP contribution in [-0.2, 0) is 16.1 Å². The number of aryl methyl sites for hydroxylation is 1. The zero-order chi connectivity index (χ0) is 25.8. The zero-order valence-electron chi connectivity index (χ0n) is 20.8. The lowest BCUT2D eigenvalue weighted by Crippen LogP contribution is -2.38. The Morgan fingerprint density at radius 2 is 1.68 bits per heavy atom. The van der Waals surface area contributed by atoms with Gasteiger partial charge in [0.05, 0.1) is 23.7 Å². The van der Waals surface area contributed by atoms with E-state index >= 15 is 0 Å². The molecule has 0 spiro atoms. The molecule has 0 aromatic heterocycles. The third kappa shape index (κ3) is 5.52. The van der Waals surface area contributed by atoms with Crippen molar-refractivity contribution in [1.82, 2.24) is 10.2 Å². The van der Waals surface area contributed by atoms with Gasteiger partial charge in [0.15, 0.2) is 5.17 Å². The number of amides is 2. The Hall–Kier alpha value is -4.10. The minimum absolute atomic E-state index is 0.0819. The van der Waals surface area contributed by atoms with Crippen LogP contribution in [0.25, 0.3) is 0 Å². The van der Waals surface area contributed by atoms with Crippen LogP contribution in [-0.4, -0.2) is 21.9 Å². The van der Waals surface area contributed by atoms with Gasteiger partial charge in [0.1, 0.15) is 0 Å². The van der Waals surface area contributed by atoms with Crippen LogP contribution in [0.3, 0.4) is 0 Å². The predicted molar refractivity (Wildman–Crippen MR) is 150 cm³/mol. The second-order valence-electron chi connectivity index (χ2n) is 9.07. The van der Waals surface area contributed by atoms with Gasteiger partial charge in [0.2, 0.25) is 5.91 Å². The van der Waals surface area contributed by atoms with E-state index in [1.807, 2.05) is 103 Å². The van der Waals surface area contributed by atoms with Crippen LogP contribution < -0.4 is 10.6 Å². The molecule has 0 bridgehead atoms. The Kier molecular flexibility index (Phi) is 7.23. The summed E-state index contributed by atoms with van der Waals surface area (Å²) in [6.07, 6.45) is 0.188. The lowest BCUT2D eigenvalue weighted by atomic mass is 9.92. The monoisotopic (exact) mass is 508 g/mol. The molecule has 2 amide bonds. The Morgan fingerprint density at radius 3 is 2.41 bits per heavy atom. The van der Waals surface area contributed by atoms with E-state index in [0.717, 1.165) is 33.2 Å². The van der Waals surface area contributed by atoms with Crippen molar-refractivity contribution in [2.24, 2.45) is 4.99 Å². The first-order chi connectivity index (χ1) is 18.0. The van der Waals surface area contributed by atoms with Gasteiger partial charge in [-0.3, -0.25) is 9.59 Å². The minimum Gasteiger partial charge on any atom is -0.352 e. The number of carbonyl (C=O) groups excluding carboxylic acids is 2. The highest BCUT2D eigenvalue weighted by Crippen LogP contribution is 2.44. The molecule has 0 unspecified atom stereocenters. The van der Waals surface area contributed by atoms with Gasteiger partial charge < -0.3 is 15.5 Å². The number of nitrogens with zero attached hydrogens (tertiary/aromatic N) is 2. The average Bonchev–Trinajstić information content (AvgIpc) is 3.29. The van der Waals surface area contributed by atoms with Crippen LogP contribution in [0.15, 0.2) is 112 Å². The molecule has 6 nitrogen and oxygen atoms in total. The number of carbonyl (C=O) groups is 2. The standard InChI is InChI=1S/C30H28N4O2S/c1-20-10-9-13-23(16-20)28-27(29(36)33-24-14-7-4-8-15-24)21(2)32-30-34(28)25(19-37-30)17-26(35)31-18-22-11-5-3-6-12-22/h3-16,19,28H,17-18H2,1-2H3,(H,31,35)(H,33,36)/t28-/m0/s1. The fraction of sp³-hybridized carbons (Fsp3) is 0.167. The minimum atomic E-state index is -0.403. The lowest BCUT2D eigenvalue weighted by molar-refractivity contribution is -0.120. The van der Waals surface area contributed by atoms with E-state index < -0.39 is 6.04 Å². The third-order valence-electron chi connectivity index (χ3n) is 6.31. The Morgan fingerprint density at radius 1 is 0.946 bits per heavy atom. The summed E-state index contributed by atoms with van der Waals surface area (Å²) in [7, 11) is 0. The number of hydrogen-bond acceptors (Lipinski definition) is 5. The molecule has 3 aromatic carbocycles. The first-order valence-corrected chi connectivity index (χ1v) is 13.1. The van der Waals surface area contributed by atoms with Gasteiger partial charge >= 0.3 is 0 Å². The molecule has 3 aromatic rings. The molecule has 37 heavy (non-hydrogen) atoms. The van der Waals surface area contributed by atoms with E-state index in [1.54, 1.807) is 0 Å². The van der Waals surface area contributed by atoms with Gasteiger partial charge in [0.25, 0.3) is 5.91 Å². The molecule has 0 saturated carbocycles. The summed E-state index contributed by atoms with van der Waals surface area (Å²) in [5, 5.41) is 8.78. The van der Waals surface area contributed by atoms with Crippen molar-refractivity contribution in [1.29, 1.82) is 0 Å². The lowest BCUT2D eigenvalue weighted by Gasteiger charge is -2.36. The topological polar surface area (TPSA) is 73.8 Å². The van der Waals surface area contributed by atoms with E-state index in [4.69, 9.17) is 4.99 Å². The van der Waals surface area contributed by atoms with Crippen LogP contribution >= 0.6 is 11.8 Å². The van der Waals surface area contributed by atoms with Crippen molar-refractivity contribution in [2.75, 3.05) is 5.32 Å². The van der Waals surface area contributed by atoms with Gasteiger partial charge in [-0.2, -0.15) is 0 Å². The summed E-state index contributed by atoms with van der Waals surface area (Å²) < 4.78 is 0. The van der Waals surface area contributed by atoms with Crippen molar-refractivity contribution < 1.29 is 9.59 Å². The highest BCUT2D eigenvalue weighted by molar-refractivity contribution is 8.16. The fourth-order valence-electron chi connectivity index (χ4n) is 4.56. The number of aliphatic imine (C=N–C) groups is 1. The summed E-state index contributed by atoms with van der Waals surface area (Å²) in [6, 6.07) is 27.0. The van der Waals surface area contributed by atoms with E-state index in [0.29, 0.717) is 17.8 Å². The number of thioether (sulfide) groups is 1. The Bertz CT molecular complexity index is 1410. The van der Waals surface area contributed by atoms with Gasteiger partial charge in [-0.1, -0.05) is 90.1 Å². The number of para-hydroxylation sites is 1. The molecule has 2 N–H and O–H groups in total. The molecule has 2 heterocycles. The Balaban J connectivity index is 1.44. The normalized spacial score (nSPS) is 16.6. The van der Waals surface area contributed by atoms with Crippen molar-refractivity contribution in [3.05, 3.63) is 124 Å². The van der Waals surface area contributed by atoms with Crippen molar-refractivity contribution in [3.8, 4) is 0 Å². The molecule has 186 valence electrons. The van der Waals surface area contributed by atoms with E-state index in [2.05, 4.69) is 16.7 Å². The van der Waals surface area contributed by atoms with Crippen LogP contribution in [0.1, 0.15) is 36.1 Å². The third-order valence-corrected chi connectivity index (χ3v) is 7.20. The summed E-state index contributed by atoms with van der Waals surface area (Å²) in [5.41, 5.74) is 5.89. The number of rotatable bonds is 7. The van der Waals surface area contributed by atoms with Crippen LogP contribution in [0, 0.1) is 6.92 Å². The second kappa shape index (κ2) is 10.9. The molecule has 7 heteroatoms. The van der Waals surface area contributed by atoms with Gasteiger partial charge in [0, 0.05) is 17.9 Å². The fourth-order valence-corrected chi connectivity index (χ4v) is 5.52. The van der Waals surface area contributed by atoms with Crippen molar-refractivity contribution in [2.45, 2.75) is 32.9 Å². The Labute approximate surface area is 221 Å². The summed E-state index contributed by atoms with van der Waals surface area (Å²) in [4.78, 5) is 33.4. The number of benzene rings is 3. The first kappa shape index (κ1) is 24.6. The van der Waals surface area contributed by atoms with Crippen molar-refractivity contribution >= 4 is 34.4 Å². The maximum Gasteiger partial charge on any atom is 0.255 e. The molecule has 2 aliphatic rings. The molecular weight excluding hydrogens is 480 g/mol. The van der Waals surface area contributed by atoms with Gasteiger partial charge in [-0.25, -0.2) is 4.99 Å². The summed E-state index contributed by atoms with van der Waals surface area (Å²) in [6.45, 7) is 4.37. The maximum absolute atomic E-state index is 13.7. The molecule has 0 fully saturated rings. The zero-order valence-corrected chi connectivity index (χ0v) is 21.6. The summed E-state index contributed by atoms with van der Waals surface area (Å²) >= 11 is 1.48. The molecule has 2 aliphatic heterocycles. The molecule has 5 rings (SSSR count). The summed E-state index contributed by atoms with van der Waals surface area (Å²) in [5.74, 6) is -0.288.